The van der Waals surface area contributed by atoms with E-state index in [1.165, 1.54) is 6.20 Å². The second-order valence-electron chi connectivity index (χ2n) is 8.31. The summed E-state index contributed by atoms with van der Waals surface area (Å²) in [4.78, 5) is 8.64. The summed E-state index contributed by atoms with van der Waals surface area (Å²) in [5.41, 5.74) is 0.331. The number of hydrogen-bond acceptors (Lipinski definition) is 7. The molecule has 2 aliphatic carbocycles. The first-order chi connectivity index (χ1) is 14.2. The van der Waals surface area contributed by atoms with Crippen molar-refractivity contribution < 1.29 is 23.0 Å². The highest BCUT2D eigenvalue weighted by Crippen LogP contribution is 2.28. The van der Waals surface area contributed by atoms with Crippen molar-refractivity contribution in [2.45, 2.75) is 82.3 Å². The summed E-state index contributed by atoms with van der Waals surface area (Å²) < 4.78 is 41.8. The predicted molar refractivity (Wildman–Crippen MR) is 105 cm³/mol. The van der Waals surface area contributed by atoms with Crippen LogP contribution in [0.25, 0.3) is 0 Å². The van der Waals surface area contributed by atoms with Crippen molar-refractivity contribution in [2.24, 2.45) is 5.92 Å². The highest BCUT2D eigenvalue weighted by atomic mass is 19.4. The molecule has 0 bridgehead atoms. The molecule has 0 aliphatic heterocycles. The van der Waals surface area contributed by atoms with Gasteiger partial charge < -0.3 is 20.5 Å². The van der Waals surface area contributed by atoms with Gasteiger partial charge in [-0.2, -0.15) is 23.4 Å². The highest BCUT2D eigenvalue weighted by Gasteiger charge is 2.31. The second kappa shape index (κ2) is 9.79. The number of nitrogens with one attached hydrogen (secondary N) is 2. The minimum absolute atomic E-state index is 0.0345. The van der Waals surface area contributed by atoms with Gasteiger partial charge in [-0.3, -0.25) is 0 Å². The quantitative estimate of drug-likeness (QED) is 0.637. The molecule has 3 N–H and O–H groups in total. The first-order valence-electron chi connectivity index (χ1n) is 10.4. The molecular weight excluding hydrogens is 399 g/mol. The van der Waals surface area contributed by atoms with E-state index in [1.807, 2.05) is 6.92 Å². The Bertz CT molecular complexity index is 747. The maximum Gasteiger partial charge on any atom is 0.411 e. The third kappa shape index (κ3) is 6.44. The van der Waals surface area contributed by atoms with Crippen LogP contribution in [0.3, 0.4) is 0 Å². The lowest BCUT2D eigenvalue weighted by atomic mass is 9.85. The zero-order chi connectivity index (χ0) is 21.7. The Balaban J connectivity index is 1.55. The number of aliphatic hydroxyl groups is 1. The second-order valence-corrected chi connectivity index (χ2v) is 8.31. The number of nitrogens with zero attached hydrogens (tertiary/aromatic N) is 3. The van der Waals surface area contributed by atoms with Crippen LogP contribution in [0.2, 0.25) is 0 Å². The first-order valence-corrected chi connectivity index (χ1v) is 10.4. The van der Waals surface area contributed by atoms with Gasteiger partial charge in [0.2, 0.25) is 5.95 Å². The van der Waals surface area contributed by atoms with Crippen LogP contribution in [0, 0.1) is 17.2 Å². The van der Waals surface area contributed by atoms with Gasteiger partial charge in [0.15, 0.2) is 0 Å². The van der Waals surface area contributed by atoms with E-state index in [0.29, 0.717) is 49.4 Å². The van der Waals surface area contributed by atoms with Gasteiger partial charge in [-0.05, 0) is 50.9 Å². The van der Waals surface area contributed by atoms with Crippen molar-refractivity contribution in [1.29, 1.82) is 5.26 Å². The topological polar surface area (TPSA) is 103 Å². The molecule has 166 valence electrons. The van der Waals surface area contributed by atoms with Gasteiger partial charge >= 0.3 is 6.18 Å². The number of ether oxygens (including phenoxy) is 1. The van der Waals surface area contributed by atoms with E-state index in [1.54, 1.807) is 0 Å². The number of nitriles is 1. The van der Waals surface area contributed by atoms with Crippen molar-refractivity contribution in [2.75, 3.05) is 17.2 Å². The normalized spacial score (nSPS) is 29.8. The van der Waals surface area contributed by atoms with Gasteiger partial charge in [0, 0.05) is 12.1 Å². The molecule has 1 unspecified atom stereocenters. The SMILES string of the molecule is C[C@@H]1CCC(Nc2nc(NC3CCC(OCC(F)(F)F)CC3)ncc2C#N)C[C@H]1O. The number of hydrogen-bond donors (Lipinski definition) is 3. The fourth-order valence-corrected chi connectivity index (χ4v) is 4.03. The van der Waals surface area contributed by atoms with Crippen LogP contribution in [-0.4, -0.2) is 52.1 Å². The maximum atomic E-state index is 12.3. The molecule has 2 aliphatic rings. The number of rotatable bonds is 6. The smallest absolute Gasteiger partial charge is 0.393 e. The molecule has 30 heavy (non-hydrogen) atoms. The van der Waals surface area contributed by atoms with Gasteiger partial charge in [0.1, 0.15) is 24.1 Å². The summed E-state index contributed by atoms with van der Waals surface area (Å²) in [5.74, 6) is 1.07. The van der Waals surface area contributed by atoms with Crippen LogP contribution in [0.1, 0.15) is 57.4 Å². The molecule has 7 nitrogen and oxygen atoms in total. The fourth-order valence-electron chi connectivity index (χ4n) is 4.03. The minimum atomic E-state index is -4.30. The van der Waals surface area contributed by atoms with Crippen molar-refractivity contribution >= 4 is 11.8 Å². The zero-order valence-corrected chi connectivity index (χ0v) is 17.0. The molecule has 0 spiro atoms. The summed E-state index contributed by atoms with van der Waals surface area (Å²) in [6.07, 6.45) is 1.15. The summed E-state index contributed by atoms with van der Waals surface area (Å²) in [7, 11) is 0. The van der Waals surface area contributed by atoms with Crippen LogP contribution in [0.4, 0.5) is 24.9 Å². The Morgan fingerprint density at radius 2 is 1.87 bits per heavy atom. The fraction of sp³-hybridized carbons (Fsp3) is 0.750. The average Bonchev–Trinajstić information content (AvgIpc) is 2.70. The van der Waals surface area contributed by atoms with E-state index in [-0.39, 0.29) is 30.2 Å². The van der Waals surface area contributed by atoms with Crippen molar-refractivity contribution in [1.82, 2.24) is 9.97 Å². The molecule has 0 saturated heterocycles. The molecule has 2 fully saturated rings. The Labute approximate surface area is 174 Å². The standard InChI is InChI=1S/C20H28F3N5O2/c1-12-2-3-15(8-17(12)29)26-18-13(9-24)10-25-19(28-18)27-14-4-6-16(7-5-14)30-11-20(21,22)23/h10,12,14-17,29H,2-8,11H2,1H3,(H2,25,26,27,28)/t12-,14?,15?,16?,17-/m1/s1. The Kier molecular flexibility index (Phi) is 7.36. The molecule has 1 aromatic heterocycles. The number of anilines is 2. The van der Waals surface area contributed by atoms with Crippen LogP contribution in [-0.2, 0) is 4.74 Å². The predicted octanol–water partition coefficient (Wildman–Crippen LogP) is 3.61. The van der Waals surface area contributed by atoms with E-state index >= 15 is 0 Å². The molecule has 3 atom stereocenters. The van der Waals surface area contributed by atoms with Gasteiger partial charge in [-0.15, -0.1) is 0 Å². The van der Waals surface area contributed by atoms with Gasteiger partial charge in [-0.25, -0.2) is 4.98 Å². The zero-order valence-electron chi connectivity index (χ0n) is 17.0. The lowest BCUT2D eigenvalue weighted by Crippen LogP contribution is -2.35. The lowest BCUT2D eigenvalue weighted by molar-refractivity contribution is -0.187. The number of halogens is 3. The third-order valence-corrected chi connectivity index (χ3v) is 5.89. The summed E-state index contributed by atoms with van der Waals surface area (Å²) in [5, 5.41) is 25.9. The molecular formula is C20H28F3N5O2. The Morgan fingerprint density at radius 3 is 2.50 bits per heavy atom. The molecule has 10 heteroatoms. The number of aromatic nitrogens is 2. The molecule has 1 heterocycles. The van der Waals surface area contributed by atoms with E-state index in [4.69, 9.17) is 4.74 Å². The molecule has 1 aromatic rings. The van der Waals surface area contributed by atoms with E-state index in [2.05, 4.69) is 26.7 Å². The van der Waals surface area contributed by atoms with Gasteiger partial charge in [0.05, 0.1) is 18.4 Å². The van der Waals surface area contributed by atoms with Crippen LogP contribution in [0.5, 0.6) is 0 Å². The molecule has 3 rings (SSSR count). The highest BCUT2D eigenvalue weighted by molar-refractivity contribution is 5.54. The summed E-state index contributed by atoms with van der Waals surface area (Å²) in [6, 6.07) is 2.15. The largest absolute Gasteiger partial charge is 0.411 e. The monoisotopic (exact) mass is 427 g/mol. The lowest BCUT2D eigenvalue weighted by Gasteiger charge is -2.32. The maximum absolute atomic E-state index is 12.3. The summed E-state index contributed by atoms with van der Waals surface area (Å²) in [6.45, 7) is 0.815. The molecule has 0 amide bonds. The summed E-state index contributed by atoms with van der Waals surface area (Å²) >= 11 is 0. The molecule has 0 aromatic carbocycles. The number of aliphatic hydroxyl groups excluding tert-OH is 1. The van der Waals surface area contributed by atoms with Crippen molar-refractivity contribution in [3.05, 3.63) is 11.8 Å². The number of alkyl halides is 3. The van der Waals surface area contributed by atoms with Crippen molar-refractivity contribution in [3.8, 4) is 6.07 Å². The molecule has 2 saturated carbocycles. The minimum Gasteiger partial charge on any atom is -0.393 e. The Morgan fingerprint density at radius 1 is 1.17 bits per heavy atom. The van der Waals surface area contributed by atoms with E-state index in [0.717, 1.165) is 12.8 Å². The van der Waals surface area contributed by atoms with Gasteiger partial charge in [-0.1, -0.05) is 6.92 Å². The van der Waals surface area contributed by atoms with Crippen LogP contribution in [0.15, 0.2) is 6.20 Å². The van der Waals surface area contributed by atoms with E-state index < -0.39 is 12.8 Å². The van der Waals surface area contributed by atoms with Gasteiger partial charge in [0.25, 0.3) is 0 Å². The Hall–Kier alpha value is -2.12. The first kappa shape index (κ1) is 22.6. The molecule has 0 radical (unpaired) electrons. The van der Waals surface area contributed by atoms with E-state index in [9.17, 15) is 23.5 Å². The van der Waals surface area contributed by atoms with Crippen molar-refractivity contribution in [3.63, 3.8) is 0 Å². The third-order valence-electron chi connectivity index (χ3n) is 5.89. The van der Waals surface area contributed by atoms with Crippen LogP contribution >= 0.6 is 0 Å². The average molecular weight is 427 g/mol. The van der Waals surface area contributed by atoms with Crippen LogP contribution < -0.4 is 10.6 Å².